The molecule has 0 bridgehead atoms. The van der Waals surface area contributed by atoms with Gasteiger partial charge in [0.2, 0.25) is 0 Å². The summed E-state index contributed by atoms with van der Waals surface area (Å²) < 4.78 is 0. The Morgan fingerprint density at radius 3 is 1.75 bits per heavy atom. The van der Waals surface area contributed by atoms with E-state index in [1.807, 2.05) is 61.6 Å². The highest BCUT2D eigenvalue weighted by Crippen LogP contribution is 2.14. The summed E-state index contributed by atoms with van der Waals surface area (Å²) in [7, 11) is 1.85. The van der Waals surface area contributed by atoms with E-state index in [0.717, 1.165) is 17.1 Å². The van der Waals surface area contributed by atoms with Crippen molar-refractivity contribution in [2.24, 2.45) is 0 Å². The van der Waals surface area contributed by atoms with Gasteiger partial charge in [0.05, 0.1) is 11.4 Å². The molecule has 0 radical (unpaired) electrons. The van der Waals surface area contributed by atoms with E-state index in [2.05, 4.69) is 5.32 Å². The number of benzene rings is 2. The zero-order chi connectivity index (χ0) is 11.8. The number of nitrogens with two attached hydrogens (primary N) is 2. The number of nitrogen functional groups attached to an aromatic ring is 2. The van der Waals surface area contributed by atoms with Crippen molar-refractivity contribution >= 4 is 17.1 Å². The average molecular weight is 215 g/mol. The fourth-order valence-corrected chi connectivity index (χ4v) is 1.18. The molecule has 2 rings (SSSR count). The molecule has 3 nitrogen and oxygen atoms in total. The molecule has 0 saturated carbocycles. The number of hydrogen-bond donors (Lipinski definition) is 3. The molecule has 0 fully saturated rings. The lowest BCUT2D eigenvalue weighted by Crippen LogP contribution is -1.93. The van der Waals surface area contributed by atoms with Crippen LogP contribution in [0.3, 0.4) is 0 Å². The van der Waals surface area contributed by atoms with E-state index in [1.165, 1.54) is 0 Å². The predicted molar refractivity (Wildman–Crippen MR) is 71.3 cm³/mol. The summed E-state index contributed by atoms with van der Waals surface area (Å²) in [4.78, 5) is 0. The van der Waals surface area contributed by atoms with E-state index in [-0.39, 0.29) is 0 Å². The van der Waals surface area contributed by atoms with Crippen molar-refractivity contribution in [3.8, 4) is 0 Å². The molecular formula is C13H17N3. The van der Waals surface area contributed by atoms with Gasteiger partial charge in [-0.1, -0.05) is 30.3 Å². The lowest BCUT2D eigenvalue weighted by atomic mass is 10.3. The van der Waals surface area contributed by atoms with E-state index in [0.29, 0.717) is 0 Å². The minimum Gasteiger partial charge on any atom is -0.399 e. The first-order chi connectivity index (χ1) is 7.74. The molecular weight excluding hydrogens is 198 g/mol. The number of nitrogens with one attached hydrogen (secondary N) is 1. The smallest absolute Gasteiger partial charge is 0.0571 e. The van der Waals surface area contributed by atoms with E-state index in [4.69, 9.17) is 11.5 Å². The van der Waals surface area contributed by atoms with Gasteiger partial charge in [0.15, 0.2) is 0 Å². The van der Waals surface area contributed by atoms with Crippen molar-refractivity contribution in [1.82, 2.24) is 0 Å². The van der Waals surface area contributed by atoms with E-state index >= 15 is 0 Å². The summed E-state index contributed by atoms with van der Waals surface area (Å²) >= 11 is 0. The van der Waals surface area contributed by atoms with E-state index in [1.54, 1.807) is 0 Å². The van der Waals surface area contributed by atoms with Crippen LogP contribution in [0.4, 0.5) is 17.1 Å². The highest BCUT2D eigenvalue weighted by atomic mass is 14.8. The third kappa shape index (κ3) is 3.92. The topological polar surface area (TPSA) is 64.1 Å². The van der Waals surface area contributed by atoms with Gasteiger partial charge in [0.1, 0.15) is 0 Å². The molecule has 0 amide bonds. The van der Waals surface area contributed by atoms with Crippen molar-refractivity contribution in [1.29, 1.82) is 0 Å². The van der Waals surface area contributed by atoms with Crippen LogP contribution in [0.5, 0.6) is 0 Å². The van der Waals surface area contributed by atoms with Crippen LogP contribution in [-0.2, 0) is 0 Å². The van der Waals surface area contributed by atoms with Crippen molar-refractivity contribution in [3.63, 3.8) is 0 Å². The first-order valence-corrected chi connectivity index (χ1v) is 5.07. The van der Waals surface area contributed by atoms with Gasteiger partial charge < -0.3 is 16.8 Å². The summed E-state index contributed by atoms with van der Waals surface area (Å²) in [5.74, 6) is 0. The van der Waals surface area contributed by atoms with Gasteiger partial charge in [-0.2, -0.15) is 0 Å². The number of hydrogen-bond acceptors (Lipinski definition) is 3. The SMILES string of the molecule is CNc1ccccc1N.Nc1ccccc1. The molecule has 0 aromatic heterocycles. The first kappa shape index (κ1) is 11.9. The van der Waals surface area contributed by atoms with Gasteiger partial charge >= 0.3 is 0 Å². The van der Waals surface area contributed by atoms with Crippen LogP contribution in [-0.4, -0.2) is 7.05 Å². The highest BCUT2D eigenvalue weighted by molar-refractivity contribution is 5.65. The highest BCUT2D eigenvalue weighted by Gasteiger charge is 1.89. The molecule has 0 aliphatic heterocycles. The molecule has 16 heavy (non-hydrogen) atoms. The Bertz CT molecular complexity index is 413. The van der Waals surface area contributed by atoms with Crippen molar-refractivity contribution < 1.29 is 0 Å². The lowest BCUT2D eigenvalue weighted by Gasteiger charge is -2.01. The van der Waals surface area contributed by atoms with Crippen LogP contribution in [0.15, 0.2) is 54.6 Å². The predicted octanol–water partition coefficient (Wildman–Crippen LogP) is 2.58. The van der Waals surface area contributed by atoms with Crippen LogP contribution in [0.1, 0.15) is 0 Å². The second-order valence-electron chi connectivity index (χ2n) is 3.25. The Kier molecular flexibility index (Phi) is 4.73. The Morgan fingerprint density at radius 1 is 0.812 bits per heavy atom. The molecule has 2 aromatic rings. The van der Waals surface area contributed by atoms with Gasteiger partial charge in [-0.25, -0.2) is 0 Å². The van der Waals surface area contributed by atoms with Gasteiger partial charge in [0, 0.05) is 12.7 Å². The van der Waals surface area contributed by atoms with Gasteiger partial charge in [-0.05, 0) is 24.3 Å². The Hall–Kier alpha value is -2.16. The van der Waals surface area contributed by atoms with Crippen LogP contribution >= 0.6 is 0 Å². The maximum atomic E-state index is 5.57. The van der Waals surface area contributed by atoms with Gasteiger partial charge in [-0.15, -0.1) is 0 Å². The zero-order valence-electron chi connectivity index (χ0n) is 9.35. The number of para-hydroxylation sites is 3. The van der Waals surface area contributed by atoms with Crippen molar-refractivity contribution in [2.45, 2.75) is 0 Å². The molecule has 0 spiro atoms. The number of rotatable bonds is 1. The molecule has 0 unspecified atom stereocenters. The Balaban J connectivity index is 0.000000165. The summed E-state index contributed by atoms with van der Waals surface area (Å²) in [6.45, 7) is 0. The third-order valence-electron chi connectivity index (χ3n) is 2.03. The molecule has 3 heteroatoms. The Morgan fingerprint density at radius 2 is 1.38 bits per heavy atom. The first-order valence-electron chi connectivity index (χ1n) is 5.07. The number of anilines is 3. The molecule has 0 saturated heterocycles. The van der Waals surface area contributed by atoms with Crippen LogP contribution in [0.2, 0.25) is 0 Å². The minimum absolute atomic E-state index is 0.792. The van der Waals surface area contributed by atoms with Crippen LogP contribution in [0.25, 0.3) is 0 Å². The van der Waals surface area contributed by atoms with E-state index in [9.17, 15) is 0 Å². The average Bonchev–Trinajstić information content (AvgIpc) is 2.31. The standard InChI is InChI=1S/C7H10N2.C6H7N/c1-9-7-5-3-2-4-6(7)8;7-6-4-2-1-3-5-6/h2-5,9H,8H2,1H3;1-5H,7H2. The quantitative estimate of drug-likeness (QED) is 0.641. The summed E-state index contributed by atoms with van der Waals surface area (Å²) in [5.41, 5.74) is 13.5. The zero-order valence-corrected chi connectivity index (χ0v) is 9.35. The molecule has 0 aliphatic carbocycles. The molecule has 0 aliphatic rings. The maximum absolute atomic E-state index is 5.57. The molecule has 2 aromatic carbocycles. The molecule has 84 valence electrons. The summed E-state index contributed by atoms with van der Waals surface area (Å²) in [5, 5.41) is 2.97. The molecule has 0 heterocycles. The minimum atomic E-state index is 0.792. The largest absolute Gasteiger partial charge is 0.399 e. The fourth-order valence-electron chi connectivity index (χ4n) is 1.18. The maximum Gasteiger partial charge on any atom is 0.0571 e. The second-order valence-corrected chi connectivity index (χ2v) is 3.25. The molecule has 0 atom stereocenters. The summed E-state index contributed by atoms with van der Waals surface area (Å²) in [6, 6.07) is 17.2. The third-order valence-corrected chi connectivity index (χ3v) is 2.03. The van der Waals surface area contributed by atoms with Crippen molar-refractivity contribution in [3.05, 3.63) is 54.6 Å². The Labute approximate surface area is 96.1 Å². The van der Waals surface area contributed by atoms with Crippen LogP contribution in [0, 0.1) is 0 Å². The van der Waals surface area contributed by atoms with E-state index < -0.39 is 0 Å². The lowest BCUT2D eigenvalue weighted by molar-refractivity contribution is 1.51. The fraction of sp³-hybridized carbons (Fsp3) is 0.0769. The monoisotopic (exact) mass is 215 g/mol. The summed E-state index contributed by atoms with van der Waals surface area (Å²) in [6.07, 6.45) is 0. The van der Waals surface area contributed by atoms with Gasteiger partial charge in [0.25, 0.3) is 0 Å². The van der Waals surface area contributed by atoms with Crippen molar-refractivity contribution in [2.75, 3.05) is 23.8 Å². The normalized spacial score (nSPS) is 8.81. The second kappa shape index (κ2) is 6.35. The van der Waals surface area contributed by atoms with Crippen LogP contribution < -0.4 is 16.8 Å². The van der Waals surface area contributed by atoms with Gasteiger partial charge in [-0.3, -0.25) is 0 Å². The molecule has 5 N–H and O–H groups in total.